The first kappa shape index (κ1) is 15.8. The van der Waals surface area contributed by atoms with Gasteiger partial charge >= 0.3 is 0 Å². The van der Waals surface area contributed by atoms with Crippen molar-refractivity contribution in [3.63, 3.8) is 0 Å². The highest BCUT2D eigenvalue weighted by Gasteiger charge is 2.46. The highest BCUT2D eigenvalue weighted by Crippen LogP contribution is 2.32. The van der Waals surface area contributed by atoms with E-state index in [0.29, 0.717) is 18.6 Å². The SMILES string of the molecule is Cc1noc(C)c1CN1C[C@@H](NC(=O)c2ccsc2)[C@H]2COC[C@H]21. The molecule has 128 valence electrons. The lowest BCUT2D eigenvalue weighted by atomic mass is 9.99. The van der Waals surface area contributed by atoms with E-state index in [4.69, 9.17) is 9.26 Å². The van der Waals surface area contributed by atoms with E-state index in [2.05, 4.69) is 15.4 Å². The number of aromatic nitrogens is 1. The van der Waals surface area contributed by atoms with Crippen LogP contribution in [-0.2, 0) is 11.3 Å². The van der Waals surface area contributed by atoms with Gasteiger partial charge < -0.3 is 14.6 Å². The predicted octanol–water partition coefficient (Wildman–Crippen LogP) is 1.98. The maximum atomic E-state index is 12.4. The monoisotopic (exact) mass is 347 g/mol. The molecule has 2 aliphatic heterocycles. The van der Waals surface area contributed by atoms with Gasteiger partial charge in [0.15, 0.2) is 0 Å². The molecule has 0 aromatic carbocycles. The van der Waals surface area contributed by atoms with Gasteiger partial charge in [0.05, 0.1) is 18.9 Å². The van der Waals surface area contributed by atoms with Crippen LogP contribution in [0.25, 0.3) is 0 Å². The minimum absolute atomic E-state index is 0.00564. The van der Waals surface area contributed by atoms with E-state index in [9.17, 15) is 4.79 Å². The summed E-state index contributed by atoms with van der Waals surface area (Å²) in [7, 11) is 0. The summed E-state index contributed by atoms with van der Waals surface area (Å²) >= 11 is 1.54. The zero-order valence-corrected chi connectivity index (χ0v) is 14.6. The number of hydrogen-bond donors (Lipinski definition) is 1. The Labute approximate surface area is 144 Å². The van der Waals surface area contributed by atoms with Gasteiger partial charge in [-0.15, -0.1) is 0 Å². The predicted molar refractivity (Wildman–Crippen MR) is 90.1 cm³/mol. The fourth-order valence-electron chi connectivity index (χ4n) is 3.75. The quantitative estimate of drug-likeness (QED) is 0.916. The van der Waals surface area contributed by atoms with E-state index < -0.39 is 0 Å². The number of carbonyl (C=O) groups excluding carboxylic acids is 1. The number of likely N-dealkylation sites (tertiary alicyclic amines) is 1. The smallest absolute Gasteiger partial charge is 0.252 e. The van der Waals surface area contributed by atoms with Crippen LogP contribution in [-0.4, -0.2) is 47.8 Å². The Morgan fingerprint density at radius 2 is 2.33 bits per heavy atom. The fraction of sp³-hybridized carbons (Fsp3) is 0.529. The van der Waals surface area contributed by atoms with Crippen molar-refractivity contribution in [2.75, 3.05) is 19.8 Å². The molecule has 2 saturated heterocycles. The van der Waals surface area contributed by atoms with E-state index in [1.165, 1.54) is 11.3 Å². The summed E-state index contributed by atoms with van der Waals surface area (Å²) in [5.74, 6) is 1.22. The van der Waals surface area contributed by atoms with Crippen LogP contribution in [0.15, 0.2) is 21.3 Å². The molecule has 1 amide bonds. The Morgan fingerprint density at radius 1 is 1.46 bits per heavy atom. The Hall–Kier alpha value is -1.70. The second-order valence-electron chi connectivity index (χ2n) is 6.59. The molecule has 6 nitrogen and oxygen atoms in total. The summed E-state index contributed by atoms with van der Waals surface area (Å²) in [5, 5.41) is 11.1. The van der Waals surface area contributed by atoms with Crippen LogP contribution in [0.2, 0.25) is 0 Å². The Balaban J connectivity index is 1.48. The van der Waals surface area contributed by atoms with Gasteiger partial charge in [0.25, 0.3) is 5.91 Å². The lowest BCUT2D eigenvalue weighted by molar-refractivity contribution is 0.0915. The highest BCUT2D eigenvalue weighted by molar-refractivity contribution is 7.08. The number of ether oxygens (including phenoxy) is 1. The van der Waals surface area contributed by atoms with Gasteiger partial charge in [0.2, 0.25) is 0 Å². The molecular weight excluding hydrogens is 326 g/mol. The summed E-state index contributed by atoms with van der Waals surface area (Å²) in [6.45, 7) is 6.97. The summed E-state index contributed by atoms with van der Waals surface area (Å²) < 4.78 is 11.0. The molecule has 0 unspecified atom stereocenters. The number of rotatable bonds is 4. The molecule has 0 bridgehead atoms. The largest absolute Gasteiger partial charge is 0.379 e. The summed E-state index contributed by atoms with van der Waals surface area (Å²) in [6, 6.07) is 2.32. The minimum Gasteiger partial charge on any atom is -0.379 e. The molecule has 0 radical (unpaired) electrons. The van der Waals surface area contributed by atoms with Crippen LogP contribution < -0.4 is 5.32 Å². The zero-order chi connectivity index (χ0) is 16.7. The number of fused-ring (bicyclic) bond motifs is 1. The molecule has 4 rings (SSSR count). The number of amides is 1. The second-order valence-corrected chi connectivity index (χ2v) is 7.37. The molecule has 4 heterocycles. The third kappa shape index (κ3) is 2.76. The standard InChI is InChI=1S/C17H21N3O3S/c1-10-13(11(2)23-19-10)5-20-6-15(14-7-22-8-16(14)20)18-17(21)12-3-4-24-9-12/h3-4,9,14-16H,5-8H2,1-2H3,(H,18,21)/t14-,15-,16-/m1/s1. The molecule has 0 aliphatic carbocycles. The summed E-state index contributed by atoms with van der Waals surface area (Å²) in [4.78, 5) is 14.8. The van der Waals surface area contributed by atoms with Crippen LogP contribution in [0.1, 0.15) is 27.4 Å². The van der Waals surface area contributed by atoms with Gasteiger partial charge in [-0.2, -0.15) is 11.3 Å². The van der Waals surface area contributed by atoms with Gasteiger partial charge in [-0.25, -0.2) is 0 Å². The molecule has 1 N–H and O–H groups in total. The molecule has 2 fully saturated rings. The number of nitrogens with one attached hydrogen (secondary N) is 1. The first-order valence-corrected chi connectivity index (χ1v) is 9.14. The van der Waals surface area contributed by atoms with E-state index >= 15 is 0 Å². The Kier molecular flexibility index (Phi) is 4.15. The highest BCUT2D eigenvalue weighted by atomic mass is 32.1. The number of aryl methyl sites for hydroxylation is 2. The molecular formula is C17H21N3O3S. The topological polar surface area (TPSA) is 67.6 Å². The van der Waals surface area contributed by atoms with Crippen LogP contribution in [0.4, 0.5) is 0 Å². The molecule has 3 atom stereocenters. The van der Waals surface area contributed by atoms with Crippen molar-refractivity contribution in [1.82, 2.24) is 15.4 Å². The second kappa shape index (κ2) is 6.31. The first-order valence-electron chi connectivity index (χ1n) is 8.20. The van der Waals surface area contributed by atoms with E-state index in [0.717, 1.165) is 42.3 Å². The van der Waals surface area contributed by atoms with Crippen molar-refractivity contribution in [2.45, 2.75) is 32.5 Å². The third-order valence-corrected chi connectivity index (χ3v) is 5.84. The molecule has 2 aromatic heterocycles. The van der Waals surface area contributed by atoms with Crippen LogP contribution in [0, 0.1) is 19.8 Å². The average Bonchev–Trinajstić information content (AvgIpc) is 3.31. The third-order valence-electron chi connectivity index (χ3n) is 5.15. The first-order chi connectivity index (χ1) is 11.6. The van der Waals surface area contributed by atoms with Crippen molar-refractivity contribution >= 4 is 17.2 Å². The van der Waals surface area contributed by atoms with Crippen molar-refractivity contribution < 1.29 is 14.1 Å². The van der Waals surface area contributed by atoms with E-state index in [-0.39, 0.29) is 11.9 Å². The molecule has 2 aromatic rings. The molecule has 24 heavy (non-hydrogen) atoms. The van der Waals surface area contributed by atoms with E-state index in [1.807, 2.05) is 30.7 Å². The zero-order valence-electron chi connectivity index (χ0n) is 13.8. The molecule has 0 spiro atoms. The number of hydrogen-bond acceptors (Lipinski definition) is 6. The van der Waals surface area contributed by atoms with Gasteiger partial charge in [-0.3, -0.25) is 9.69 Å². The van der Waals surface area contributed by atoms with Crippen molar-refractivity contribution in [1.29, 1.82) is 0 Å². The maximum absolute atomic E-state index is 12.4. The Bertz CT molecular complexity index is 708. The minimum atomic E-state index is 0.00564. The number of nitrogens with zero attached hydrogens (tertiary/aromatic N) is 2. The van der Waals surface area contributed by atoms with Crippen LogP contribution in [0.3, 0.4) is 0 Å². The maximum Gasteiger partial charge on any atom is 0.252 e. The number of thiophene rings is 1. The summed E-state index contributed by atoms with van der Waals surface area (Å²) in [6.07, 6.45) is 0. The summed E-state index contributed by atoms with van der Waals surface area (Å²) in [5.41, 5.74) is 2.82. The lowest BCUT2D eigenvalue weighted by Crippen LogP contribution is -2.41. The van der Waals surface area contributed by atoms with Gasteiger partial charge in [-0.1, -0.05) is 5.16 Å². The van der Waals surface area contributed by atoms with Gasteiger partial charge in [0, 0.05) is 47.6 Å². The van der Waals surface area contributed by atoms with Crippen molar-refractivity contribution in [3.05, 3.63) is 39.4 Å². The molecule has 0 saturated carbocycles. The molecule has 2 aliphatic rings. The number of carbonyl (C=O) groups is 1. The average molecular weight is 347 g/mol. The Morgan fingerprint density at radius 3 is 3.04 bits per heavy atom. The van der Waals surface area contributed by atoms with E-state index in [1.54, 1.807) is 0 Å². The van der Waals surface area contributed by atoms with Gasteiger partial charge in [-0.05, 0) is 25.3 Å². The fourth-order valence-corrected chi connectivity index (χ4v) is 4.39. The van der Waals surface area contributed by atoms with Crippen molar-refractivity contribution in [2.24, 2.45) is 5.92 Å². The molecule has 7 heteroatoms. The van der Waals surface area contributed by atoms with Gasteiger partial charge in [0.1, 0.15) is 5.76 Å². The lowest BCUT2D eigenvalue weighted by Gasteiger charge is -2.21. The van der Waals surface area contributed by atoms with Crippen molar-refractivity contribution in [3.8, 4) is 0 Å². The van der Waals surface area contributed by atoms with Crippen LogP contribution >= 0.6 is 11.3 Å². The normalized spacial score (nSPS) is 26.7. The van der Waals surface area contributed by atoms with Crippen LogP contribution in [0.5, 0.6) is 0 Å².